The molecule has 2 aliphatic rings. The number of carboxylic acid groups (broad SMARTS) is 1. The summed E-state index contributed by atoms with van der Waals surface area (Å²) in [5, 5.41) is 9.58. The number of imidazole rings is 1. The molecule has 2 aromatic rings. The third-order valence-corrected chi connectivity index (χ3v) is 5.25. The van der Waals surface area contributed by atoms with Gasteiger partial charge in [-0.3, -0.25) is 9.69 Å². The van der Waals surface area contributed by atoms with Gasteiger partial charge in [0.15, 0.2) is 0 Å². The van der Waals surface area contributed by atoms with E-state index in [2.05, 4.69) is 29.9 Å². The van der Waals surface area contributed by atoms with Gasteiger partial charge in [-0.2, -0.15) is 0 Å². The largest absolute Gasteiger partial charge is 0.490 e. The second-order valence-electron chi connectivity index (χ2n) is 6.77. The molecule has 24 heavy (non-hydrogen) atoms. The van der Waals surface area contributed by atoms with Crippen LogP contribution in [0.4, 0.5) is 0 Å². The monoisotopic (exact) mass is 327 g/mol. The van der Waals surface area contributed by atoms with Crippen molar-refractivity contribution in [3.63, 3.8) is 0 Å². The number of benzene rings is 1. The molecule has 126 valence electrons. The maximum atomic E-state index is 11.7. The molecule has 0 bridgehead atoms. The van der Waals surface area contributed by atoms with Crippen molar-refractivity contribution in [2.75, 3.05) is 0 Å². The van der Waals surface area contributed by atoms with Gasteiger partial charge in [0.2, 0.25) is 0 Å². The molecule has 4 rings (SSSR count). The van der Waals surface area contributed by atoms with Gasteiger partial charge in [0.1, 0.15) is 17.9 Å². The fourth-order valence-corrected chi connectivity index (χ4v) is 3.65. The van der Waals surface area contributed by atoms with Crippen molar-refractivity contribution < 1.29 is 14.6 Å². The van der Waals surface area contributed by atoms with Gasteiger partial charge in [-0.05, 0) is 18.6 Å². The van der Waals surface area contributed by atoms with Crippen molar-refractivity contribution in [1.29, 1.82) is 0 Å². The van der Waals surface area contributed by atoms with E-state index in [0.717, 1.165) is 22.7 Å². The molecule has 0 saturated heterocycles. The zero-order valence-corrected chi connectivity index (χ0v) is 13.8. The van der Waals surface area contributed by atoms with Crippen LogP contribution in [-0.2, 0) is 24.3 Å². The molecule has 0 amide bonds. The number of aromatic nitrogens is 2. The summed E-state index contributed by atoms with van der Waals surface area (Å²) in [6.45, 7) is 5.42. The summed E-state index contributed by atoms with van der Waals surface area (Å²) in [6, 6.07) is 5.66. The van der Waals surface area contributed by atoms with E-state index in [9.17, 15) is 9.90 Å². The fourth-order valence-electron chi connectivity index (χ4n) is 3.65. The van der Waals surface area contributed by atoms with Crippen molar-refractivity contribution in [2.45, 2.75) is 51.4 Å². The van der Waals surface area contributed by atoms with E-state index in [0.29, 0.717) is 25.4 Å². The van der Waals surface area contributed by atoms with Crippen molar-refractivity contribution in [3.05, 3.63) is 47.0 Å². The van der Waals surface area contributed by atoms with Gasteiger partial charge < -0.3 is 14.8 Å². The molecule has 2 N–H and O–H groups in total. The zero-order chi connectivity index (χ0) is 16.8. The maximum Gasteiger partial charge on any atom is 0.321 e. The SMILES string of the molecule is CC1Oc2ccc(CN3Cc4[nH]cnc4C[C@H]3C(=O)O)cc2C1C. The lowest BCUT2D eigenvalue weighted by Gasteiger charge is -2.32. The first-order valence-electron chi connectivity index (χ1n) is 8.30. The minimum atomic E-state index is -0.796. The second-order valence-corrected chi connectivity index (χ2v) is 6.77. The Morgan fingerprint density at radius 2 is 2.29 bits per heavy atom. The van der Waals surface area contributed by atoms with E-state index in [1.807, 2.05) is 17.0 Å². The molecule has 0 aliphatic carbocycles. The predicted octanol–water partition coefficient (Wildman–Crippen LogP) is 2.31. The Kier molecular flexibility index (Phi) is 3.57. The number of fused-ring (bicyclic) bond motifs is 2. The Morgan fingerprint density at radius 1 is 1.46 bits per heavy atom. The molecule has 2 unspecified atom stereocenters. The van der Waals surface area contributed by atoms with E-state index in [1.54, 1.807) is 6.33 Å². The smallest absolute Gasteiger partial charge is 0.321 e. The molecule has 0 spiro atoms. The number of aliphatic carboxylic acids is 1. The van der Waals surface area contributed by atoms with E-state index in [-0.39, 0.29) is 6.10 Å². The van der Waals surface area contributed by atoms with Gasteiger partial charge in [-0.1, -0.05) is 19.1 Å². The van der Waals surface area contributed by atoms with E-state index in [4.69, 9.17) is 4.74 Å². The summed E-state index contributed by atoms with van der Waals surface area (Å²) in [4.78, 5) is 21.0. The lowest BCUT2D eigenvalue weighted by molar-refractivity contribution is -0.144. The molecule has 2 aliphatic heterocycles. The van der Waals surface area contributed by atoms with Crippen LogP contribution in [-0.4, -0.2) is 38.1 Å². The molecule has 6 heteroatoms. The number of H-pyrrole nitrogens is 1. The first kappa shape index (κ1) is 15.2. The van der Waals surface area contributed by atoms with Crippen LogP contribution in [0.3, 0.4) is 0 Å². The summed E-state index contributed by atoms with van der Waals surface area (Å²) >= 11 is 0. The van der Waals surface area contributed by atoms with Crippen LogP contribution in [0.2, 0.25) is 0 Å². The van der Waals surface area contributed by atoms with Gasteiger partial charge >= 0.3 is 5.97 Å². The number of nitrogens with one attached hydrogen (secondary N) is 1. The van der Waals surface area contributed by atoms with E-state index in [1.165, 1.54) is 5.56 Å². The highest BCUT2D eigenvalue weighted by molar-refractivity contribution is 5.74. The molecule has 3 heterocycles. The van der Waals surface area contributed by atoms with Crippen molar-refractivity contribution in [2.24, 2.45) is 0 Å². The molecular weight excluding hydrogens is 306 g/mol. The highest BCUT2D eigenvalue weighted by Crippen LogP contribution is 2.38. The topological polar surface area (TPSA) is 78.5 Å². The summed E-state index contributed by atoms with van der Waals surface area (Å²) in [7, 11) is 0. The Bertz CT molecular complexity index is 786. The summed E-state index contributed by atoms with van der Waals surface area (Å²) in [6.07, 6.45) is 2.27. The molecule has 1 aromatic carbocycles. The fraction of sp³-hybridized carbons (Fsp3) is 0.444. The second kappa shape index (κ2) is 5.63. The van der Waals surface area contributed by atoms with Crippen LogP contribution >= 0.6 is 0 Å². The van der Waals surface area contributed by atoms with Gasteiger partial charge in [0.25, 0.3) is 0 Å². The molecule has 0 radical (unpaired) electrons. The minimum absolute atomic E-state index is 0.185. The summed E-state index contributed by atoms with van der Waals surface area (Å²) in [5.74, 6) is 0.508. The number of nitrogens with zero attached hydrogens (tertiary/aromatic N) is 2. The summed E-state index contributed by atoms with van der Waals surface area (Å²) < 4.78 is 5.84. The first-order chi connectivity index (χ1) is 11.5. The molecule has 1 aromatic heterocycles. The normalized spacial score (nSPS) is 25.8. The molecule has 0 fully saturated rings. The zero-order valence-electron chi connectivity index (χ0n) is 13.8. The van der Waals surface area contributed by atoms with Crippen LogP contribution in [0, 0.1) is 0 Å². The van der Waals surface area contributed by atoms with E-state index < -0.39 is 12.0 Å². The molecular formula is C18H21N3O3. The average Bonchev–Trinajstić information content (AvgIpc) is 3.12. The van der Waals surface area contributed by atoms with Gasteiger partial charge in [-0.15, -0.1) is 0 Å². The van der Waals surface area contributed by atoms with Crippen molar-refractivity contribution in [3.8, 4) is 5.75 Å². The predicted molar refractivity (Wildman–Crippen MR) is 87.9 cm³/mol. The highest BCUT2D eigenvalue weighted by Gasteiger charge is 2.33. The lowest BCUT2D eigenvalue weighted by atomic mass is 9.96. The Balaban J connectivity index is 1.59. The van der Waals surface area contributed by atoms with E-state index >= 15 is 0 Å². The highest BCUT2D eigenvalue weighted by atomic mass is 16.5. The minimum Gasteiger partial charge on any atom is -0.490 e. The Morgan fingerprint density at radius 3 is 3.08 bits per heavy atom. The Hall–Kier alpha value is -2.34. The molecule has 6 nitrogen and oxygen atoms in total. The van der Waals surface area contributed by atoms with Crippen LogP contribution in [0.15, 0.2) is 24.5 Å². The van der Waals surface area contributed by atoms with Gasteiger partial charge in [-0.25, -0.2) is 4.98 Å². The molecule has 3 atom stereocenters. The summed E-state index contributed by atoms with van der Waals surface area (Å²) in [5.41, 5.74) is 4.21. The molecule has 0 saturated carbocycles. The number of rotatable bonds is 3. The van der Waals surface area contributed by atoms with Crippen LogP contribution in [0.5, 0.6) is 5.75 Å². The first-order valence-corrected chi connectivity index (χ1v) is 8.30. The van der Waals surface area contributed by atoms with Gasteiger partial charge in [0.05, 0.1) is 17.7 Å². The quantitative estimate of drug-likeness (QED) is 0.904. The third kappa shape index (κ3) is 2.47. The number of aromatic amines is 1. The average molecular weight is 327 g/mol. The number of hydrogen-bond donors (Lipinski definition) is 2. The maximum absolute atomic E-state index is 11.7. The third-order valence-electron chi connectivity index (χ3n) is 5.25. The van der Waals surface area contributed by atoms with Crippen molar-refractivity contribution in [1.82, 2.24) is 14.9 Å². The Labute approximate surface area is 140 Å². The van der Waals surface area contributed by atoms with Crippen molar-refractivity contribution >= 4 is 5.97 Å². The van der Waals surface area contributed by atoms with Crippen LogP contribution in [0.25, 0.3) is 0 Å². The number of ether oxygens (including phenoxy) is 1. The van der Waals surface area contributed by atoms with Crippen LogP contribution in [0.1, 0.15) is 42.3 Å². The number of carboxylic acids is 1. The number of hydrogen-bond acceptors (Lipinski definition) is 4. The van der Waals surface area contributed by atoms with Gasteiger partial charge in [0, 0.05) is 31.0 Å². The lowest BCUT2D eigenvalue weighted by Crippen LogP contribution is -2.45. The standard InChI is InChI=1S/C18H21N3O3/c1-10-11(2)24-17-4-3-12(5-13(10)17)7-21-8-15-14(19-9-20-15)6-16(21)18(22)23/h3-5,9-11,16H,6-8H2,1-2H3,(H,19,20)(H,22,23)/t10?,11?,16-/m0/s1. The van der Waals surface area contributed by atoms with Crippen LogP contribution < -0.4 is 4.74 Å². The number of carbonyl (C=O) groups is 1.